The highest BCUT2D eigenvalue weighted by Gasteiger charge is 2.12. The number of hydrogen-bond donors (Lipinski definition) is 1. The molecule has 0 aliphatic heterocycles. The van der Waals surface area contributed by atoms with Gasteiger partial charge in [0.05, 0.1) is 0 Å². The summed E-state index contributed by atoms with van der Waals surface area (Å²) in [7, 11) is 0. The Morgan fingerprint density at radius 3 is 2.86 bits per heavy atom. The van der Waals surface area contributed by atoms with E-state index in [1.165, 1.54) is 0 Å². The van der Waals surface area contributed by atoms with Gasteiger partial charge in [-0.2, -0.15) is 0 Å². The van der Waals surface area contributed by atoms with Crippen molar-refractivity contribution in [1.29, 1.82) is 0 Å². The minimum absolute atomic E-state index is 0.276. The average molecular weight is 293 g/mol. The van der Waals surface area contributed by atoms with Gasteiger partial charge in [-0.15, -0.1) is 0 Å². The van der Waals surface area contributed by atoms with Crippen LogP contribution in [0.3, 0.4) is 0 Å². The molecule has 0 aliphatic rings. The quantitative estimate of drug-likeness (QED) is 0.715. The monoisotopic (exact) mass is 293 g/mol. The number of nitrogens with one attached hydrogen (secondary N) is 1. The summed E-state index contributed by atoms with van der Waals surface area (Å²) in [5.74, 6) is 0.651. The van der Waals surface area contributed by atoms with Crippen molar-refractivity contribution >= 4 is 22.6 Å². The zero-order valence-electron chi connectivity index (χ0n) is 11.9. The number of fused-ring (bicyclic) bond motifs is 1. The van der Waals surface area contributed by atoms with E-state index in [-0.39, 0.29) is 11.7 Å². The van der Waals surface area contributed by atoms with Gasteiger partial charge >= 0.3 is 0 Å². The van der Waals surface area contributed by atoms with E-state index in [1.807, 2.05) is 36.4 Å². The minimum Gasteiger partial charge on any atom is -0.489 e. The van der Waals surface area contributed by atoms with E-state index in [1.54, 1.807) is 24.3 Å². The van der Waals surface area contributed by atoms with Crippen LogP contribution in [0, 0.1) is 0 Å². The van der Waals surface area contributed by atoms with E-state index in [9.17, 15) is 4.79 Å². The van der Waals surface area contributed by atoms with Crippen LogP contribution in [0.2, 0.25) is 0 Å². The Morgan fingerprint density at radius 2 is 2.05 bits per heavy atom. The van der Waals surface area contributed by atoms with Crippen molar-refractivity contribution in [2.24, 2.45) is 0 Å². The molecule has 22 heavy (non-hydrogen) atoms. The van der Waals surface area contributed by atoms with Gasteiger partial charge in [0.2, 0.25) is 0 Å². The molecule has 2 aromatic carbocycles. The molecule has 0 radical (unpaired) electrons. The fourth-order valence-corrected chi connectivity index (χ4v) is 2.11. The molecule has 3 rings (SSSR count). The molecule has 0 unspecified atom stereocenters. The van der Waals surface area contributed by atoms with E-state index < -0.39 is 0 Å². The third-order valence-corrected chi connectivity index (χ3v) is 3.11. The Kier molecular flexibility index (Phi) is 3.92. The molecule has 4 nitrogen and oxygen atoms in total. The average Bonchev–Trinajstić information content (AvgIpc) is 2.97. The fraction of sp³-hybridized carbons (Fsp3) is 0.0556. The largest absolute Gasteiger partial charge is 0.489 e. The van der Waals surface area contributed by atoms with Crippen molar-refractivity contribution in [2.75, 3.05) is 11.9 Å². The van der Waals surface area contributed by atoms with Crippen molar-refractivity contribution < 1.29 is 13.9 Å². The second kappa shape index (κ2) is 6.18. The summed E-state index contributed by atoms with van der Waals surface area (Å²) in [5, 5.41) is 3.70. The van der Waals surface area contributed by atoms with E-state index >= 15 is 0 Å². The summed E-state index contributed by atoms with van der Waals surface area (Å²) in [5.41, 5.74) is 1.34. The first-order valence-corrected chi connectivity index (χ1v) is 6.90. The molecule has 0 saturated carbocycles. The van der Waals surface area contributed by atoms with Crippen molar-refractivity contribution in [1.82, 2.24) is 0 Å². The second-order valence-electron chi connectivity index (χ2n) is 4.73. The molecule has 110 valence electrons. The van der Waals surface area contributed by atoms with E-state index in [0.717, 1.165) is 5.39 Å². The fourth-order valence-electron chi connectivity index (χ4n) is 2.11. The molecule has 3 aromatic rings. The number of anilines is 1. The molecule has 0 atom stereocenters. The van der Waals surface area contributed by atoms with Gasteiger partial charge in [0.1, 0.15) is 17.9 Å². The number of amides is 1. The van der Waals surface area contributed by atoms with Gasteiger partial charge in [0.15, 0.2) is 5.76 Å². The van der Waals surface area contributed by atoms with Gasteiger partial charge in [-0.25, -0.2) is 0 Å². The molecular weight excluding hydrogens is 278 g/mol. The summed E-state index contributed by atoms with van der Waals surface area (Å²) in [6.07, 6.45) is 1.67. The first kappa shape index (κ1) is 13.9. The first-order chi connectivity index (χ1) is 10.8. The predicted molar refractivity (Wildman–Crippen MR) is 86.3 cm³/mol. The van der Waals surface area contributed by atoms with Crippen LogP contribution in [0.15, 0.2) is 71.7 Å². The zero-order chi connectivity index (χ0) is 15.4. The number of carbonyl (C=O) groups is 1. The summed E-state index contributed by atoms with van der Waals surface area (Å²) < 4.78 is 11.0. The lowest BCUT2D eigenvalue weighted by atomic mass is 10.2. The highest BCUT2D eigenvalue weighted by molar-refractivity contribution is 6.04. The van der Waals surface area contributed by atoms with Crippen molar-refractivity contribution in [3.8, 4) is 5.75 Å². The van der Waals surface area contributed by atoms with Crippen molar-refractivity contribution in [2.45, 2.75) is 0 Å². The lowest BCUT2D eigenvalue weighted by Crippen LogP contribution is -2.10. The van der Waals surface area contributed by atoms with Gasteiger partial charge < -0.3 is 14.5 Å². The van der Waals surface area contributed by atoms with Crippen LogP contribution in [0.25, 0.3) is 11.0 Å². The van der Waals surface area contributed by atoms with Crippen LogP contribution in [0.1, 0.15) is 10.6 Å². The summed E-state index contributed by atoms with van der Waals surface area (Å²) >= 11 is 0. The lowest BCUT2D eigenvalue weighted by Gasteiger charge is -2.06. The number of carbonyl (C=O) groups excluding carboxylic acids is 1. The number of rotatable bonds is 5. The van der Waals surface area contributed by atoms with Crippen LogP contribution < -0.4 is 10.1 Å². The van der Waals surface area contributed by atoms with Gasteiger partial charge in [0, 0.05) is 17.1 Å². The molecule has 4 heteroatoms. The molecule has 0 saturated heterocycles. The molecule has 0 fully saturated rings. The van der Waals surface area contributed by atoms with Crippen LogP contribution in [0.4, 0.5) is 5.69 Å². The summed E-state index contributed by atoms with van der Waals surface area (Å²) in [6, 6.07) is 16.4. The van der Waals surface area contributed by atoms with Crippen molar-refractivity contribution in [3.63, 3.8) is 0 Å². The lowest BCUT2D eigenvalue weighted by molar-refractivity contribution is 0.0998. The van der Waals surface area contributed by atoms with Gasteiger partial charge in [-0.05, 0) is 24.3 Å². The molecule has 0 bridgehead atoms. The Balaban J connectivity index is 1.77. The van der Waals surface area contributed by atoms with E-state index in [0.29, 0.717) is 23.6 Å². The molecule has 0 aliphatic carbocycles. The maximum absolute atomic E-state index is 12.2. The van der Waals surface area contributed by atoms with Gasteiger partial charge in [-0.1, -0.05) is 36.9 Å². The highest BCUT2D eigenvalue weighted by Crippen LogP contribution is 2.21. The van der Waals surface area contributed by atoms with Gasteiger partial charge in [-0.3, -0.25) is 4.79 Å². The van der Waals surface area contributed by atoms with Crippen LogP contribution in [-0.2, 0) is 0 Å². The Hall–Kier alpha value is -3.01. The predicted octanol–water partition coefficient (Wildman–Crippen LogP) is 4.25. The zero-order valence-corrected chi connectivity index (χ0v) is 11.9. The van der Waals surface area contributed by atoms with E-state index in [4.69, 9.17) is 9.15 Å². The highest BCUT2D eigenvalue weighted by atomic mass is 16.5. The molecule has 0 spiro atoms. The number of para-hydroxylation sites is 1. The molecule has 1 N–H and O–H groups in total. The standard InChI is InChI=1S/C18H15NO3/c1-2-10-21-15-8-5-7-14(12-15)19-18(20)17-11-13-6-3-4-9-16(13)22-17/h2-9,11-12H,1,10H2,(H,19,20). The minimum atomic E-state index is -0.294. The Labute approximate surface area is 128 Å². The summed E-state index contributed by atoms with van der Waals surface area (Å²) in [4.78, 5) is 12.2. The summed E-state index contributed by atoms with van der Waals surface area (Å²) in [6.45, 7) is 4.02. The van der Waals surface area contributed by atoms with Crippen LogP contribution >= 0.6 is 0 Å². The molecule has 1 amide bonds. The number of ether oxygens (including phenoxy) is 1. The number of benzene rings is 2. The maximum atomic E-state index is 12.2. The van der Waals surface area contributed by atoms with Crippen LogP contribution in [0.5, 0.6) is 5.75 Å². The molecular formula is C18H15NO3. The smallest absolute Gasteiger partial charge is 0.291 e. The molecule has 1 heterocycles. The third-order valence-electron chi connectivity index (χ3n) is 3.11. The normalized spacial score (nSPS) is 10.4. The first-order valence-electron chi connectivity index (χ1n) is 6.90. The molecule has 1 aromatic heterocycles. The Bertz CT molecular complexity index is 787. The van der Waals surface area contributed by atoms with E-state index in [2.05, 4.69) is 11.9 Å². The third kappa shape index (κ3) is 3.01. The Morgan fingerprint density at radius 1 is 1.18 bits per heavy atom. The number of furan rings is 1. The topological polar surface area (TPSA) is 51.5 Å². The van der Waals surface area contributed by atoms with Crippen LogP contribution in [-0.4, -0.2) is 12.5 Å². The van der Waals surface area contributed by atoms with Crippen molar-refractivity contribution in [3.05, 3.63) is 73.0 Å². The van der Waals surface area contributed by atoms with Gasteiger partial charge in [0.25, 0.3) is 5.91 Å². The number of hydrogen-bond acceptors (Lipinski definition) is 3. The second-order valence-corrected chi connectivity index (χ2v) is 4.73. The maximum Gasteiger partial charge on any atom is 0.291 e. The SMILES string of the molecule is C=CCOc1cccc(NC(=O)c2cc3ccccc3o2)c1.